The summed E-state index contributed by atoms with van der Waals surface area (Å²) in [5, 5.41) is 10.5. The topological polar surface area (TPSA) is 85.8 Å². The molecular formula is C16H12ClF2N5O. The fourth-order valence-electron chi connectivity index (χ4n) is 2.15. The van der Waals surface area contributed by atoms with Crippen molar-refractivity contribution in [3.63, 3.8) is 0 Å². The highest BCUT2D eigenvalue weighted by atomic mass is 35.5. The summed E-state index contributed by atoms with van der Waals surface area (Å²) in [6.45, 7) is 0.233. The zero-order valence-electron chi connectivity index (χ0n) is 12.7. The summed E-state index contributed by atoms with van der Waals surface area (Å²) in [7, 11) is 0. The normalized spacial score (nSPS) is 10.7. The van der Waals surface area contributed by atoms with Gasteiger partial charge in [0.05, 0.1) is 6.54 Å². The Morgan fingerprint density at radius 3 is 2.68 bits per heavy atom. The van der Waals surface area contributed by atoms with Gasteiger partial charge < -0.3 is 11.1 Å². The number of carbonyl (C=O) groups is 1. The van der Waals surface area contributed by atoms with Crippen LogP contribution >= 0.6 is 11.6 Å². The Hall–Kier alpha value is -3.00. The average Bonchev–Trinajstić information content (AvgIpc) is 2.94. The zero-order valence-corrected chi connectivity index (χ0v) is 13.5. The van der Waals surface area contributed by atoms with Crippen LogP contribution in [0.5, 0.6) is 0 Å². The van der Waals surface area contributed by atoms with Crippen molar-refractivity contribution in [1.82, 2.24) is 15.0 Å². The molecule has 0 bridgehead atoms. The van der Waals surface area contributed by atoms with E-state index in [0.29, 0.717) is 5.02 Å². The van der Waals surface area contributed by atoms with Crippen molar-refractivity contribution in [2.45, 2.75) is 6.54 Å². The van der Waals surface area contributed by atoms with Crippen LogP contribution < -0.4 is 11.1 Å². The molecule has 0 saturated heterocycles. The van der Waals surface area contributed by atoms with Crippen LogP contribution in [0.25, 0.3) is 0 Å². The van der Waals surface area contributed by atoms with Crippen LogP contribution in [-0.4, -0.2) is 20.9 Å². The third-order valence-corrected chi connectivity index (χ3v) is 3.81. The summed E-state index contributed by atoms with van der Waals surface area (Å²) >= 11 is 6.08. The van der Waals surface area contributed by atoms with Gasteiger partial charge in [0.1, 0.15) is 0 Å². The van der Waals surface area contributed by atoms with Gasteiger partial charge >= 0.3 is 0 Å². The molecule has 0 spiro atoms. The number of hydrogen-bond acceptors (Lipinski definition) is 4. The van der Waals surface area contributed by atoms with Gasteiger partial charge in [-0.3, -0.25) is 4.79 Å². The van der Waals surface area contributed by atoms with Crippen LogP contribution in [0.4, 0.5) is 20.3 Å². The third kappa shape index (κ3) is 3.58. The van der Waals surface area contributed by atoms with Gasteiger partial charge in [0.25, 0.3) is 5.91 Å². The van der Waals surface area contributed by atoms with Crippen molar-refractivity contribution >= 4 is 29.0 Å². The molecule has 3 rings (SSSR count). The molecule has 0 saturated carbocycles. The highest BCUT2D eigenvalue weighted by molar-refractivity contribution is 6.31. The molecule has 6 nitrogen and oxygen atoms in total. The van der Waals surface area contributed by atoms with Crippen molar-refractivity contribution < 1.29 is 13.6 Å². The molecule has 1 aromatic heterocycles. The number of nitrogens with one attached hydrogen (secondary N) is 1. The number of nitrogens with two attached hydrogens (primary N) is 1. The van der Waals surface area contributed by atoms with Gasteiger partial charge in [0, 0.05) is 16.8 Å². The monoisotopic (exact) mass is 363 g/mol. The standard InChI is InChI=1S/C16H12ClF2N5O/c17-11-4-2-1-3-9(11)8-24-15(20)14(22-23-24)16(25)21-10-5-6-12(18)13(19)7-10/h1-7H,8,20H2,(H,21,25). The Kier molecular flexibility index (Phi) is 4.62. The van der Waals surface area contributed by atoms with Crippen LogP contribution in [0.1, 0.15) is 16.1 Å². The van der Waals surface area contributed by atoms with Gasteiger partial charge in [0.15, 0.2) is 23.1 Å². The summed E-state index contributed by atoms with van der Waals surface area (Å²) in [6, 6.07) is 10.1. The minimum absolute atomic E-state index is 0.0278. The molecule has 0 aliphatic heterocycles. The van der Waals surface area contributed by atoms with Crippen LogP contribution in [0, 0.1) is 11.6 Å². The second-order valence-electron chi connectivity index (χ2n) is 5.16. The maximum atomic E-state index is 13.2. The molecule has 3 aromatic rings. The van der Waals surface area contributed by atoms with Crippen molar-refractivity contribution in [2.24, 2.45) is 0 Å². The number of hydrogen-bond donors (Lipinski definition) is 2. The second kappa shape index (κ2) is 6.86. The maximum absolute atomic E-state index is 13.2. The fraction of sp³-hybridized carbons (Fsp3) is 0.0625. The lowest BCUT2D eigenvalue weighted by molar-refractivity contribution is 0.102. The van der Waals surface area contributed by atoms with E-state index in [9.17, 15) is 13.6 Å². The van der Waals surface area contributed by atoms with Crippen molar-refractivity contribution in [2.75, 3.05) is 11.1 Å². The predicted molar refractivity (Wildman–Crippen MR) is 89.3 cm³/mol. The number of amides is 1. The summed E-state index contributed by atoms with van der Waals surface area (Å²) in [5.41, 5.74) is 6.61. The summed E-state index contributed by atoms with van der Waals surface area (Å²) in [5.74, 6) is -2.75. The number of rotatable bonds is 4. The highest BCUT2D eigenvalue weighted by Crippen LogP contribution is 2.19. The van der Waals surface area contributed by atoms with Gasteiger partial charge in [-0.15, -0.1) is 5.10 Å². The first-order valence-electron chi connectivity index (χ1n) is 7.14. The Bertz CT molecular complexity index is 944. The van der Waals surface area contributed by atoms with E-state index >= 15 is 0 Å². The first-order valence-corrected chi connectivity index (χ1v) is 7.52. The first-order chi connectivity index (χ1) is 12.0. The lowest BCUT2D eigenvalue weighted by atomic mass is 10.2. The lowest BCUT2D eigenvalue weighted by Gasteiger charge is -2.06. The van der Waals surface area contributed by atoms with E-state index in [1.807, 2.05) is 6.07 Å². The molecule has 0 unspecified atom stereocenters. The Morgan fingerprint density at radius 1 is 1.20 bits per heavy atom. The fourth-order valence-corrected chi connectivity index (χ4v) is 2.35. The molecule has 1 amide bonds. The van der Waals surface area contributed by atoms with Crippen molar-refractivity contribution in [1.29, 1.82) is 0 Å². The van der Waals surface area contributed by atoms with E-state index in [2.05, 4.69) is 15.6 Å². The molecule has 0 radical (unpaired) electrons. The second-order valence-corrected chi connectivity index (χ2v) is 5.56. The van der Waals surface area contributed by atoms with E-state index in [1.165, 1.54) is 10.7 Å². The highest BCUT2D eigenvalue weighted by Gasteiger charge is 2.18. The van der Waals surface area contributed by atoms with E-state index in [-0.39, 0.29) is 23.7 Å². The lowest BCUT2D eigenvalue weighted by Crippen LogP contribution is -2.15. The van der Waals surface area contributed by atoms with E-state index in [0.717, 1.165) is 17.7 Å². The third-order valence-electron chi connectivity index (χ3n) is 3.44. The molecule has 0 fully saturated rings. The number of carbonyl (C=O) groups excluding carboxylic acids is 1. The number of nitrogens with zero attached hydrogens (tertiary/aromatic N) is 3. The first kappa shape index (κ1) is 16.8. The van der Waals surface area contributed by atoms with Crippen LogP contribution in [-0.2, 0) is 6.54 Å². The molecule has 128 valence electrons. The Morgan fingerprint density at radius 2 is 1.96 bits per heavy atom. The molecule has 3 N–H and O–H groups in total. The average molecular weight is 364 g/mol. The van der Waals surface area contributed by atoms with Crippen LogP contribution in [0.3, 0.4) is 0 Å². The van der Waals surface area contributed by atoms with E-state index in [4.69, 9.17) is 17.3 Å². The largest absolute Gasteiger partial charge is 0.382 e. The van der Waals surface area contributed by atoms with Crippen molar-refractivity contribution in [3.8, 4) is 0 Å². The minimum atomic E-state index is -1.08. The van der Waals surface area contributed by atoms with E-state index < -0.39 is 17.5 Å². The van der Waals surface area contributed by atoms with Crippen molar-refractivity contribution in [3.05, 3.63) is 70.4 Å². The summed E-state index contributed by atoms with van der Waals surface area (Å²) in [4.78, 5) is 12.2. The molecule has 0 aliphatic rings. The predicted octanol–water partition coefficient (Wildman–Crippen LogP) is 3.09. The Balaban J connectivity index is 1.79. The number of anilines is 2. The number of benzene rings is 2. The molecular weight excluding hydrogens is 352 g/mol. The molecule has 0 atom stereocenters. The zero-order chi connectivity index (χ0) is 18.0. The van der Waals surface area contributed by atoms with Gasteiger partial charge in [-0.05, 0) is 23.8 Å². The smallest absolute Gasteiger partial charge is 0.280 e. The van der Waals surface area contributed by atoms with Crippen LogP contribution in [0.15, 0.2) is 42.5 Å². The molecule has 25 heavy (non-hydrogen) atoms. The van der Waals surface area contributed by atoms with Gasteiger partial charge in [-0.25, -0.2) is 13.5 Å². The van der Waals surface area contributed by atoms with Gasteiger partial charge in [-0.2, -0.15) is 0 Å². The number of nitrogen functional groups attached to an aromatic ring is 1. The number of halogens is 3. The Labute approximate surface area is 146 Å². The minimum Gasteiger partial charge on any atom is -0.382 e. The van der Waals surface area contributed by atoms with Crippen LogP contribution in [0.2, 0.25) is 5.02 Å². The number of aromatic nitrogens is 3. The molecule has 0 aliphatic carbocycles. The molecule has 1 heterocycles. The SMILES string of the molecule is Nc1c(C(=O)Nc2ccc(F)c(F)c2)nnn1Cc1ccccc1Cl. The van der Waals surface area contributed by atoms with E-state index in [1.54, 1.807) is 18.2 Å². The quantitative estimate of drug-likeness (QED) is 0.745. The molecule has 9 heteroatoms. The van der Waals surface area contributed by atoms with Gasteiger partial charge in [0.2, 0.25) is 0 Å². The summed E-state index contributed by atoms with van der Waals surface area (Å²) < 4.78 is 27.4. The maximum Gasteiger partial charge on any atom is 0.280 e. The van der Waals surface area contributed by atoms with Gasteiger partial charge in [-0.1, -0.05) is 35.0 Å². The molecule has 2 aromatic carbocycles. The summed E-state index contributed by atoms with van der Waals surface area (Å²) in [6.07, 6.45) is 0.